The second-order valence-corrected chi connectivity index (χ2v) is 18.8. The van der Waals surface area contributed by atoms with Crippen molar-refractivity contribution in [2.75, 3.05) is 0 Å². The van der Waals surface area contributed by atoms with Crippen LogP contribution in [0.1, 0.15) is 36.8 Å². The van der Waals surface area contributed by atoms with Crippen molar-refractivity contribution in [3.8, 4) is 0 Å². The van der Waals surface area contributed by atoms with Gasteiger partial charge in [-0.05, 0) is 0 Å². The van der Waals surface area contributed by atoms with Gasteiger partial charge in [-0.25, -0.2) is 0 Å². The van der Waals surface area contributed by atoms with Crippen LogP contribution in [0, 0.1) is 13.8 Å². The van der Waals surface area contributed by atoms with E-state index >= 15 is 0 Å². The predicted molar refractivity (Wildman–Crippen MR) is 104 cm³/mol. The van der Waals surface area contributed by atoms with Gasteiger partial charge in [0.05, 0.1) is 0 Å². The van der Waals surface area contributed by atoms with Crippen LogP contribution in [0.25, 0.3) is 0 Å². The van der Waals surface area contributed by atoms with Crippen LogP contribution in [-0.2, 0) is 16.6 Å². The predicted octanol–water partition coefficient (Wildman–Crippen LogP) is 5.41. The zero-order valence-electron chi connectivity index (χ0n) is 15.6. The average Bonchev–Trinajstić information content (AvgIpc) is 2.89. The van der Waals surface area contributed by atoms with Crippen LogP contribution in [-0.4, -0.2) is 9.52 Å². The van der Waals surface area contributed by atoms with E-state index in [-0.39, 0.29) is 9.52 Å². The molecule has 1 unspecified atom stereocenters. The molecule has 2 aliphatic carbocycles. The summed E-state index contributed by atoms with van der Waals surface area (Å²) in [6.45, 7) is 4.60. The summed E-state index contributed by atoms with van der Waals surface area (Å²) < 4.78 is 0.512. The van der Waals surface area contributed by atoms with Gasteiger partial charge in [-0.2, -0.15) is 0 Å². The van der Waals surface area contributed by atoms with Crippen LogP contribution >= 0.6 is 0 Å². The van der Waals surface area contributed by atoms with Gasteiger partial charge in [-0.1, -0.05) is 0 Å². The third-order valence-corrected chi connectivity index (χ3v) is 14.9. The monoisotopic (exact) mass is 360 g/mol. The summed E-state index contributed by atoms with van der Waals surface area (Å²) in [5.41, 5.74) is 6.65. The Morgan fingerprint density at radius 2 is 1.83 bits per heavy atom. The first kappa shape index (κ1) is 17.5. The van der Waals surface area contributed by atoms with E-state index in [1.54, 1.807) is 16.3 Å². The summed E-state index contributed by atoms with van der Waals surface area (Å²) in [5.74, 6) is 0. The van der Waals surface area contributed by atoms with E-state index in [1.807, 2.05) is 5.57 Å². The summed E-state index contributed by atoms with van der Waals surface area (Å²) in [6.07, 6.45) is 10.8. The van der Waals surface area contributed by atoms with E-state index < -0.39 is 16.6 Å². The SMILES string of the molecule is Cc1cccc([SiH2]C[C]2([Ti]([CH3])([CH3])[CH3])C=CC3=C2CCCC3)c1C. The fourth-order valence-electron chi connectivity index (χ4n) is 4.69. The number of aryl methyl sites for hydroxylation is 1. The number of allylic oxidation sites excluding steroid dienone is 4. The number of hydrogen-bond donors (Lipinski definition) is 0. The third-order valence-electron chi connectivity index (χ3n) is 6.46. The van der Waals surface area contributed by atoms with Crippen LogP contribution in [0.2, 0.25) is 25.4 Å². The van der Waals surface area contributed by atoms with Gasteiger partial charge < -0.3 is 0 Å². The van der Waals surface area contributed by atoms with Crippen molar-refractivity contribution >= 4 is 14.7 Å². The molecule has 3 rings (SSSR count). The van der Waals surface area contributed by atoms with Crippen molar-refractivity contribution in [1.82, 2.24) is 0 Å². The first-order valence-corrected chi connectivity index (χ1v) is 16.5. The number of benzene rings is 1. The maximum atomic E-state index is 2.68. The fourth-order valence-corrected chi connectivity index (χ4v) is 14.4. The van der Waals surface area contributed by atoms with Crippen LogP contribution < -0.4 is 5.19 Å². The topological polar surface area (TPSA) is 0 Å². The summed E-state index contributed by atoms with van der Waals surface area (Å²) in [4.78, 5) is 0. The molecule has 0 spiro atoms. The minimum absolute atomic E-state index is 0.214. The molecule has 2 aliphatic rings. The van der Waals surface area contributed by atoms with Gasteiger partial charge in [0.15, 0.2) is 0 Å². The Kier molecular flexibility index (Phi) is 4.93. The van der Waals surface area contributed by atoms with Crippen molar-refractivity contribution in [1.29, 1.82) is 0 Å². The normalized spacial score (nSPS) is 24.7. The molecule has 0 radical (unpaired) electrons. The van der Waals surface area contributed by atoms with Gasteiger partial charge in [-0.3, -0.25) is 0 Å². The van der Waals surface area contributed by atoms with Crippen molar-refractivity contribution in [3.63, 3.8) is 0 Å². The first-order valence-electron chi connectivity index (χ1n) is 9.32. The summed E-state index contributed by atoms with van der Waals surface area (Å²) >= 11 is -1.84. The van der Waals surface area contributed by atoms with Crippen molar-refractivity contribution in [3.05, 3.63) is 52.6 Å². The van der Waals surface area contributed by atoms with E-state index in [0.29, 0.717) is 3.72 Å². The van der Waals surface area contributed by atoms with Crippen LogP contribution in [0.3, 0.4) is 0 Å². The minimum atomic E-state index is -1.84. The molecule has 0 heterocycles. The molecular weight excluding hydrogens is 328 g/mol. The second kappa shape index (κ2) is 6.50. The molecule has 0 saturated heterocycles. The molecule has 0 aromatic heterocycles. The van der Waals surface area contributed by atoms with Gasteiger partial charge >= 0.3 is 149 Å². The van der Waals surface area contributed by atoms with E-state index in [1.165, 1.54) is 37.3 Å². The van der Waals surface area contributed by atoms with Gasteiger partial charge in [-0.15, -0.1) is 0 Å². The van der Waals surface area contributed by atoms with Crippen molar-refractivity contribution in [2.45, 2.75) is 65.0 Å². The van der Waals surface area contributed by atoms with E-state index in [4.69, 9.17) is 0 Å². The molecular formula is C21H32SiTi. The molecule has 2 heteroatoms. The Labute approximate surface area is 148 Å². The molecule has 0 bridgehead atoms. The number of hydrogen-bond acceptors (Lipinski definition) is 0. The average molecular weight is 360 g/mol. The zero-order chi connectivity index (χ0) is 16.7. The number of rotatable bonds is 4. The maximum absolute atomic E-state index is 2.68. The summed E-state index contributed by atoms with van der Waals surface area (Å²) in [6, 6.07) is 8.41. The third kappa shape index (κ3) is 3.13. The van der Waals surface area contributed by atoms with Crippen LogP contribution in [0.15, 0.2) is 41.5 Å². The van der Waals surface area contributed by atoms with Gasteiger partial charge in [0.2, 0.25) is 0 Å². The van der Waals surface area contributed by atoms with Crippen LogP contribution in [0.5, 0.6) is 0 Å². The molecule has 0 fully saturated rings. The molecule has 0 amide bonds. The second-order valence-electron chi connectivity index (χ2n) is 8.62. The molecule has 23 heavy (non-hydrogen) atoms. The Morgan fingerprint density at radius 1 is 1.09 bits per heavy atom. The first-order chi connectivity index (χ1) is 10.8. The van der Waals surface area contributed by atoms with Gasteiger partial charge in [0.25, 0.3) is 0 Å². The molecule has 124 valence electrons. The summed E-state index contributed by atoms with van der Waals surface area (Å²) in [7, 11) is -0.214. The fraction of sp³-hybridized carbons (Fsp3) is 0.524. The Bertz CT molecular complexity index is 663. The standard InChI is InChI=1S/C18H23Si.3CH3.Ti/c1-13-6-5-9-18(14(13)2)19-12-16-11-10-15-7-3-4-8-17(15)16;;;;/h5-6,9-11H,3-4,7-8,12,19H2,1-2H3;3*1H3;. The van der Waals surface area contributed by atoms with Crippen molar-refractivity contribution in [2.24, 2.45) is 0 Å². The summed E-state index contributed by atoms with van der Waals surface area (Å²) in [5, 5.41) is 9.64. The van der Waals surface area contributed by atoms with Gasteiger partial charge in [0.1, 0.15) is 0 Å². The molecule has 0 aliphatic heterocycles. The molecule has 0 nitrogen and oxygen atoms in total. The zero-order valence-corrected chi connectivity index (χ0v) is 18.6. The van der Waals surface area contributed by atoms with Gasteiger partial charge in [0, 0.05) is 0 Å². The van der Waals surface area contributed by atoms with Crippen LogP contribution in [0.4, 0.5) is 0 Å². The molecule has 1 aromatic carbocycles. The molecule has 1 atom stereocenters. The molecule has 1 aromatic rings. The van der Waals surface area contributed by atoms with E-state index in [0.717, 1.165) is 0 Å². The quantitative estimate of drug-likeness (QED) is 0.630. The Morgan fingerprint density at radius 3 is 2.57 bits per heavy atom. The Hall–Kier alpha value is -0.369. The van der Waals surface area contributed by atoms with E-state index in [9.17, 15) is 0 Å². The molecule has 0 saturated carbocycles. The van der Waals surface area contributed by atoms with Crippen molar-refractivity contribution < 1.29 is 16.6 Å². The Balaban J connectivity index is 1.92. The molecule has 0 N–H and O–H groups in total. The van der Waals surface area contributed by atoms with E-state index in [2.05, 4.69) is 59.9 Å².